The summed E-state index contributed by atoms with van der Waals surface area (Å²) in [6.07, 6.45) is 4.97. The fraction of sp³-hybridized carbons (Fsp3) is 0.357. The molecule has 2 aromatic carbocycles. The first-order valence-corrected chi connectivity index (χ1v) is 13.6. The Morgan fingerprint density at radius 2 is 1.72 bits per heavy atom. The normalized spacial score (nSPS) is 14.3. The molecule has 1 aromatic heterocycles. The number of aromatic nitrogens is 1. The van der Waals surface area contributed by atoms with Gasteiger partial charge in [0.15, 0.2) is 5.69 Å². The summed E-state index contributed by atoms with van der Waals surface area (Å²) >= 11 is 0.769. The fourth-order valence-electron chi connectivity index (χ4n) is 4.83. The number of benzene rings is 2. The van der Waals surface area contributed by atoms with Crippen LogP contribution in [0.5, 0.6) is 5.75 Å². The maximum atomic E-state index is 14.3. The van der Waals surface area contributed by atoms with E-state index in [1.807, 2.05) is 43.3 Å². The molecule has 10 nitrogen and oxygen atoms in total. The molecule has 3 aromatic rings. The summed E-state index contributed by atoms with van der Waals surface area (Å²) in [5.74, 6) is -1.36. The van der Waals surface area contributed by atoms with Gasteiger partial charge in [-0.05, 0) is 54.2 Å². The van der Waals surface area contributed by atoms with Crippen LogP contribution in [0.4, 0.5) is 17.1 Å². The molecule has 1 aliphatic carbocycles. The Morgan fingerprint density at radius 3 is 2.31 bits per heavy atom. The number of nitrogens with one attached hydrogen (secondary N) is 1. The van der Waals surface area contributed by atoms with E-state index in [0.29, 0.717) is 17.0 Å². The third kappa shape index (κ3) is 5.98. The number of methoxy groups -OCH3 is 1. The summed E-state index contributed by atoms with van der Waals surface area (Å²) in [6, 6.07) is 13.4. The van der Waals surface area contributed by atoms with Gasteiger partial charge in [-0.25, -0.2) is 0 Å². The van der Waals surface area contributed by atoms with Gasteiger partial charge in [-0.15, -0.1) is 0 Å². The van der Waals surface area contributed by atoms with E-state index < -0.39 is 17.9 Å². The van der Waals surface area contributed by atoms with E-state index in [1.54, 1.807) is 24.3 Å². The highest BCUT2D eigenvalue weighted by atomic mass is 32.1. The third-order valence-electron chi connectivity index (χ3n) is 6.90. The average Bonchev–Trinajstić information content (AvgIpc) is 3.33. The van der Waals surface area contributed by atoms with Crippen molar-refractivity contribution in [2.45, 2.75) is 44.2 Å². The van der Waals surface area contributed by atoms with Crippen LogP contribution in [0.15, 0.2) is 48.5 Å². The maximum absolute atomic E-state index is 14.3. The molecular formula is C28H34N6O4S. The molecule has 3 amide bonds. The Kier molecular flexibility index (Phi) is 8.70. The maximum Gasteiger partial charge on any atom is 0.273 e. The first-order valence-electron chi connectivity index (χ1n) is 12.8. The monoisotopic (exact) mass is 550 g/mol. The predicted molar refractivity (Wildman–Crippen MR) is 153 cm³/mol. The number of nitrogens with zero attached hydrogens (tertiary/aromatic N) is 3. The van der Waals surface area contributed by atoms with Crippen LogP contribution in [0.3, 0.4) is 0 Å². The minimum Gasteiger partial charge on any atom is -0.495 e. The number of primary amides is 1. The molecule has 0 aliphatic heterocycles. The molecular weight excluding hydrogens is 516 g/mol. The summed E-state index contributed by atoms with van der Waals surface area (Å²) in [4.78, 5) is 43.6. The van der Waals surface area contributed by atoms with Crippen LogP contribution < -0.4 is 31.3 Å². The molecule has 0 unspecified atom stereocenters. The summed E-state index contributed by atoms with van der Waals surface area (Å²) in [5.41, 5.74) is 13.2. The minimum atomic E-state index is -1.06. The molecule has 1 heterocycles. The van der Waals surface area contributed by atoms with Crippen LogP contribution in [0.2, 0.25) is 0 Å². The number of para-hydroxylation sites is 2. The van der Waals surface area contributed by atoms with Gasteiger partial charge < -0.3 is 26.4 Å². The van der Waals surface area contributed by atoms with Crippen molar-refractivity contribution in [3.05, 3.63) is 64.7 Å². The Hall–Kier alpha value is -4.12. The zero-order valence-electron chi connectivity index (χ0n) is 22.3. The Labute approximate surface area is 232 Å². The number of hydrogen-bond donors (Lipinski definition) is 3. The van der Waals surface area contributed by atoms with Gasteiger partial charge >= 0.3 is 0 Å². The van der Waals surface area contributed by atoms with Crippen LogP contribution in [-0.4, -0.2) is 49.3 Å². The van der Waals surface area contributed by atoms with E-state index in [2.05, 4.69) is 9.69 Å². The van der Waals surface area contributed by atoms with Crippen LogP contribution in [0.1, 0.15) is 63.9 Å². The number of carbonyl (C=O) groups is 3. The van der Waals surface area contributed by atoms with E-state index in [4.69, 9.17) is 16.2 Å². The van der Waals surface area contributed by atoms with Crippen molar-refractivity contribution in [1.29, 1.82) is 0 Å². The van der Waals surface area contributed by atoms with Crippen molar-refractivity contribution in [1.82, 2.24) is 9.69 Å². The van der Waals surface area contributed by atoms with Gasteiger partial charge in [-0.3, -0.25) is 19.3 Å². The quantitative estimate of drug-likeness (QED) is 0.368. The second-order valence-electron chi connectivity index (χ2n) is 9.72. The van der Waals surface area contributed by atoms with Gasteiger partial charge in [0.1, 0.15) is 16.7 Å². The molecule has 206 valence electrons. The number of nitrogen functional groups attached to an aromatic ring is 1. The van der Waals surface area contributed by atoms with E-state index in [-0.39, 0.29) is 28.2 Å². The Balaban J connectivity index is 1.88. The van der Waals surface area contributed by atoms with Crippen molar-refractivity contribution < 1.29 is 19.1 Å². The molecule has 0 bridgehead atoms. The molecule has 1 fully saturated rings. The molecule has 1 aliphatic rings. The fourth-order valence-corrected chi connectivity index (χ4v) is 5.57. The first-order chi connectivity index (χ1) is 18.7. The van der Waals surface area contributed by atoms with Gasteiger partial charge in [-0.1, -0.05) is 43.5 Å². The molecule has 1 saturated carbocycles. The number of rotatable bonds is 9. The van der Waals surface area contributed by atoms with Gasteiger partial charge in [0, 0.05) is 25.8 Å². The summed E-state index contributed by atoms with van der Waals surface area (Å²) < 4.78 is 9.62. The van der Waals surface area contributed by atoms with Crippen molar-refractivity contribution in [3.63, 3.8) is 0 Å². The molecule has 0 spiro atoms. The number of anilines is 3. The van der Waals surface area contributed by atoms with Gasteiger partial charge in [0.2, 0.25) is 5.91 Å². The van der Waals surface area contributed by atoms with Crippen molar-refractivity contribution in [2.75, 3.05) is 36.7 Å². The van der Waals surface area contributed by atoms with Crippen molar-refractivity contribution in [3.8, 4) is 5.75 Å². The number of hydrogen-bond acceptors (Lipinski definition) is 8. The molecule has 4 rings (SSSR count). The molecule has 0 saturated heterocycles. The predicted octanol–water partition coefficient (Wildman–Crippen LogP) is 3.74. The summed E-state index contributed by atoms with van der Waals surface area (Å²) in [7, 11) is 5.35. The first kappa shape index (κ1) is 27.9. The highest BCUT2D eigenvalue weighted by Crippen LogP contribution is 2.38. The highest BCUT2D eigenvalue weighted by molar-refractivity contribution is 7.09. The van der Waals surface area contributed by atoms with Crippen LogP contribution in [0, 0.1) is 0 Å². The molecule has 11 heteroatoms. The SMILES string of the molecule is COc1ccccc1N(C(=O)c1snc(C(N)=O)c1N)[C@H](C(=O)NC1CCCCC1)c1ccc(N(C)C)cc1. The minimum absolute atomic E-state index is 0.00934. The van der Waals surface area contributed by atoms with Crippen molar-refractivity contribution in [2.24, 2.45) is 5.73 Å². The Bertz CT molecular complexity index is 1330. The van der Waals surface area contributed by atoms with E-state index >= 15 is 0 Å². The Morgan fingerprint density at radius 1 is 1.05 bits per heavy atom. The van der Waals surface area contributed by atoms with Gasteiger partial charge in [0.05, 0.1) is 18.5 Å². The van der Waals surface area contributed by atoms with Crippen LogP contribution in [-0.2, 0) is 4.79 Å². The van der Waals surface area contributed by atoms with Gasteiger partial charge in [0.25, 0.3) is 11.8 Å². The lowest BCUT2D eigenvalue weighted by molar-refractivity contribution is -0.123. The molecule has 0 radical (unpaired) electrons. The number of amides is 3. The molecule has 39 heavy (non-hydrogen) atoms. The lowest BCUT2D eigenvalue weighted by Gasteiger charge is -2.34. The summed E-state index contributed by atoms with van der Waals surface area (Å²) in [6.45, 7) is 0. The smallest absolute Gasteiger partial charge is 0.273 e. The van der Waals surface area contributed by atoms with E-state index in [1.165, 1.54) is 12.0 Å². The lowest BCUT2D eigenvalue weighted by atomic mass is 9.94. The highest BCUT2D eigenvalue weighted by Gasteiger charge is 2.38. The standard InChI is InChI=1S/C28H34N6O4S/c1-33(2)19-15-13-17(14-16-19)24(27(36)31-18-9-5-4-6-10-18)34(20-11-7-8-12-21(20)38-3)28(37)25-22(29)23(26(30)35)32-39-25/h7-8,11-16,18,24H,4-6,9-10,29H2,1-3H3,(H2,30,35)(H,31,36)/t24-/m0/s1. The second-order valence-corrected chi connectivity index (χ2v) is 10.5. The number of nitrogens with two attached hydrogens (primary N) is 2. The number of ether oxygens (including phenoxy) is 1. The van der Waals surface area contributed by atoms with Gasteiger partial charge in [-0.2, -0.15) is 4.37 Å². The summed E-state index contributed by atoms with van der Waals surface area (Å²) in [5, 5.41) is 3.19. The van der Waals surface area contributed by atoms with E-state index in [0.717, 1.165) is 49.3 Å². The largest absolute Gasteiger partial charge is 0.495 e. The zero-order valence-corrected chi connectivity index (χ0v) is 23.2. The average molecular weight is 551 g/mol. The second kappa shape index (κ2) is 12.2. The van der Waals surface area contributed by atoms with Crippen LogP contribution >= 0.6 is 11.5 Å². The zero-order chi connectivity index (χ0) is 28.1. The lowest BCUT2D eigenvalue weighted by Crippen LogP contribution is -2.47. The number of carbonyl (C=O) groups excluding carboxylic acids is 3. The van der Waals surface area contributed by atoms with E-state index in [9.17, 15) is 14.4 Å². The van der Waals surface area contributed by atoms with Crippen molar-refractivity contribution >= 4 is 46.3 Å². The third-order valence-corrected chi connectivity index (χ3v) is 7.75. The molecule has 5 N–H and O–H groups in total. The molecule has 1 atom stereocenters. The topological polar surface area (TPSA) is 144 Å². The van der Waals surface area contributed by atoms with Crippen LogP contribution in [0.25, 0.3) is 0 Å².